The van der Waals surface area contributed by atoms with E-state index in [-0.39, 0.29) is 11.9 Å². The predicted octanol–water partition coefficient (Wildman–Crippen LogP) is 4.12. The Morgan fingerprint density at radius 1 is 1.13 bits per heavy atom. The summed E-state index contributed by atoms with van der Waals surface area (Å²) in [5.41, 5.74) is 4.42. The molecule has 0 unspecified atom stereocenters. The molecule has 1 atom stereocenters. The minimum Gasteiger partial charge on any atom is -0.496 e. The standard InChI is InChI=1S/C20H25NO2/c1-5-18(17-9-6-14(2)7-10-17)21-20(22)13-16-8-11-19(23-4)15(3)12-16/h6-12,18H,5,13H2,1-4H3,(H,21,22)/t18-/m0/s1. The Bertz CT molecular complexity index is 662. The highest BCUT2D eigenvalue weighted by Crippen LogP contribution is 2.20. The van der Waals surface area contributed by atoms with E-state index in [1.807, 2.05) is 25.1 Å². The molecule has 1 amide bonds. The maximum absolute atomic E-state index is 12.3. The van der Waals surface area contributed by atoms with E-state index < -0.39 is 0 Å². The van der Waals surface area contributed by atoms with Gasteiger partial charge >= 0.3 is 0 Å². The van der Waals surface area contributed by atoms with Gasteiger partial charge in [-0.15, -0.1) is 0 Å². The van der Waals surface area contributed by atoms with Crippen LogP contribution >= 0.6 is 0 Å². The van der Waals surface area contributed by atoms with E-state index in [1.54, 1.807) is 7.11 Å². The van der Waals surface area contributed by atoms with Gasteiger partial charge in [-0.1, -0.05) is 48.9 Å². The Morgan fingerprint density at radius 3 is 2.39 bits per heavy atom. The lowest BCUT2D eigenvalue weighted by Gasteiger charge is -2.18. The van der Waals surface area contributed by atoms with E-state index in [0.29, 0.717) is 6.42 Å². The normalized spacial score (nSPS) is 11.8. The fourth-order valence-electron chi connectivity index (χ4n) is 2.70. The molecule has 0 heterocycles. The van der Waals surface area contributed by atoms with Crippen molar-refractivity contribution in [1.29, 1.82) is 0 Å². The lowest BCUT2D eigenvalue weighted by molar-refractivity contribution is -0.121. The Balaban J connectivity index is 2.02. The summed E-state index contributed by atoms with van der Waals surface area (Å²) in [4.78, 5) is 12.3. The molecule has 2 rings (SSSR count). The van der Waals surface area contributed by atoms with Crippen molar-refractivity contribution in [2.45, 2.75) is 39.7 Å². The van der Waals surface area contributed by atoms with Crippen LogP contribution in [-0.4, -0.2) is 13.0 Å². The van der Waals surface area contributed by atoms with Gasteiger partial charge in [0.15, 0.2) is 0 Å². The molecule has 0 aliphatic heterocycles. The molecule has 0 saturated carbocycles. The summed E-state index contributed by atoms with van der Waals surface area (Å²) in [5, 5.41) is 3.13. The lowest BCUT2D eigenvalue weighted by atomic mass is 10.0. The van der Waals surface area contributed by atoms with Crippen molar-refractivity contribution in [2.24, 2.45) is 0 Å². The summed E-state index contributed by atoms with van der Waals surface area (Å²) in [6.45, 7) is 6.14. The molecule has 0 saturated heterocycles. The molecule has 0 aromatic heterocycles. The number of ether oxygens (including phenoxy) is 1. The molecule has 23 heavy (non-hydrogen) atoms. The molecule has 0 radical (unpaired) electrons. The fourth-order valence-corrected chi connectivity index (χ4v) is 2.70. The predicted molar refractivity (Wildman–Crippen MR) is 93.8 cm³/mol. The van der Waals surface area contributed by atoms with Gasteiger partial charge in [-0.3, -0.25) is 4.79 Å². The van der Waals surface area contributed by atoms with Crippen LogP contribution in [0.25, 0.3) is 0 Å². The van der Waals surface area contributed by atoms with Gasteiger partial charge in [-0.25, -0.2) is 0 Å². The van der Waals surface area contributed by atoms with Crippen LogP contribution in [0.3, 0.4) is 0 Å². The molecule has 122 valence electrons. The molecule has 3 nitrogen and oxygen atoms in total. The van der Waals surface area contributed by atoms with Crippen LogP contribution in [0.1, 0.15) is 41.6 Å². The zero-order valence-electron chi connectivity index (χ0n) is 14.3. The van der Waals surface area contributed by atoms with E-state index in [9.17, 15) is 4.79 Å². The van der Waals surface area contributed by atoms with Gasteiger partial charge in [-0.05, 0) is 43.0 Å². The van der Waals surface area contributed by atoms with Crippen molar-refractivity contribution in [3.63, 3.8) is 0 Å². The monoisotopic (exact) mass is 311 g/mol. The number of benzene rings is 2. The number of hydrogen-bond acceptors (Lipinski definition) is 2. The Labute approximate surface area is 138 Å². The number of methoxy groups -OCH3 is 1. The molecule has 0 spiro atoms. The third-order valence-electron chi connectivity index (χ3n) is 4.05. The molecule has 2 aromatic rings. The number of carbonyl (C=O) groups is 1. The molecule has 0 aliphatic rings. The van der Waals surface area contributed by atoms with Crippen LogP contribution in [0, 0.1) is 13.8 Å². The van der Waals surface area contributed by atoms with E-state index in [0.717, 1.165) is 28.9 Å². The van der Waals surface area contributed by atoms with E-state index in [4.69, 9.17) is 4.74 Å². The van der Waals surface area contributed by atoms with Crippen molar-refractivity contribution in [3.8, 4) is 5.75 Å². The molecule has 3 heteroatoms. The number of nitrogens with one attached hydrogen (secondary N) is 1. The highest BCUT2D eigenvalue weighted by atomic mass is 16.5. The molecule has 0 aliphatic carbocycles. The van der Waals surface area contributed by atoms with Crippen molar-refractivity contribution < 1.29 is 9.53 Å². The first-order valence-corrected chi connectivity index (χ1v) is 8.03. The van der Waals surface area contributed by atoms with Crippen LogP contribution in [0.15, 0.2) is 42.5 Å². The summed E-state index contributed by atoms with van der Waals surface area (Å²) >= 11 is 0. The van der Waals surface area contributed by atoms with Gasteiger partial charge < -0.3 is 10.1 Å². The number of amides is 1. The zero-order valence-corrected chi connectivity index (χ0v) is 14.3. The third-order valence-corrected chi connectivity index (χ3v) is 4.05. The SMILES string of the molecule is CC[C@H](NC(=O)Cc1ccc(OC)c(C)c1)c1ccc(C)cc1. The summed E-state index contributed by atoms with van der Waals surface area (Å²) in [7, 11) is 1.65. The molecular weight excluding hydrogens is 286 g/mol. The molecule has 0 fully saturated rings. The quantitative estimate of drug-likeness (QED) is 0.871. The average Bonchev–Trinajstić information content (AvgIpc) is 2.54. The summed E-state index contributed by atoms with van der Waals surface area (Å²) in [6, 6.07) is 14.2. The lowest BCUT2D eigenvalue weighted by Crippen LogP contribution is -2.29. The smallest absolute Gasteiger partial charge is 0.224 e. The summed E-state index contributed by atoms with van der Waals surface area (Å²) in [6.07, 6.45) is 1.25. The minimum atomic E-state index is 0.0435. The van der Waals surface area contributed by atoms with Crippen molar-refractivity contribution >= 4 is 5.91 Å². The number of rotatable bonds is 6. The fraction of sp³-hybridized carbons (Fsp3) is 0.350. The van der Waals surface area contributed by atoms with Gasteiger partial charge in [0, 0.05) is 0 Å². The second-order valence-corrected chi connectivity index (χ2v) is 5.92. The van der Waals surface area contributed by atoms with Crippen molar-refractivity contribution in [3.05, 3.63) is 64.7 Å². The Morgan fingerprint density at radius 2 is 1.83 bits per heavy atom. The van der Waals surface area contributed by atoms with Gasteiger partial charge in [0.1, 0.15) is 5.75 Å². The average molecular weight is 311 g/mol. The third kappa shape index (κ3) is 4.59. The van der Waals surface area contributed by atoms with Crippen LogP contribution in [-0.2, 0) is 11.2 Å². The number of carbonyl (C=O) groups excluding carboxylic acids is 1. The topological polar surface area (TPSA) is 38.3 Å². The second kappa shape index (κ2) is 7.82. The largest absolute Gasteiger partial charge is 0.496 e. The van der Waals surface area contributed by atoms with Gasteiger partial charge in [0.2, 0.25) is 5.91 Å². The van der Waals surface area contributed by atoms with Crippen molar-refractivity contribution in [2.75, 3.05) is 7.11 Å². The Hall–Kier alpha value is -2.29. The van der Waals surface area contributed by atoms with Crippen LogP contribution in [0.4, 0.5) is 0 Å². The van der Waals surface area contributed by atoms with Crippen LogP contribution < -0.4 is 10.1 Å². The maximum Gasteiger partial charge on any atom is 0.224 e. The first-order valence-electron chi connectivity index (χ1n) is 8.03. The minimum absolute atomic E-state index is 0.0435. The first-order chi connectivity index (χ1) is 11.0. The van der Waals surface area contributed by atoms with E-state index in [2.05, 4.69) is 43.4 Å². The number of hydrogen-bond donors (Lipinski definition) is 1. The zero-order chi connectivity index (χ0) is 16.8. The highest BCUT2D eigenvalue weighted by molar-refractivity contribution is 5.79. The first kappa shape index (κ1) is 17.1. The van der Waals surface area contributed by atoms with Gasteiger partial charge in [-0.2, -0.15) is 0 Å². The molecule has 0 bridgehead atoms. The number of aryl methyl sites for hydroxylation is 2. The molecular formula is C20H25NO2. The van der Waals surface area contributed by atoms with Crippen LogP contribution in [0.2, 0.25) is 0 Å². The van der Waals surface area contributed by atoms with Crippen LogP contribution in [0.5, 0.6) is 5.75 Å². The Kier molecular flexibility index (Phi) is 5.80. The van der Waals surface area contributed by atoms with Gasteiger partial charge in [0.05, 0.1) is 19.6 Å². The van der Waals surface area contributed by atoms with Crippen molar-refractivity contribution in [1.82, 2.24) is 5.32 Å². The summed E-state index contributed by atoms with van der Waals surface area (Å²) < 4.78 is 5.25. The molecule has 2 aromatic carbocycles. The second-order valence-electron chi connectivity index (χ2n) is 5.92. The van der Waals surface area contributed by atoms with E-state index in [1.165, 1.54) is 5.56 Å². The molecule has 1 N–H and O–H groups in total. The highest BCUT2D eigenvalue weighted by Gasteiger charge is 2.13. The van der Waals surface area contributed by atoms with Gasteiger partial charge in [0.25, 0.3) is 0 Å². The van der Waals surface area contributed by atoms with E-state index >= 15 is 0 Å². The summed E-state index contributed by atoms with van der Waals surface area (Å²) in [5.74, 6) is 0.891. The maximum atomic E-state index is 12.3.